The fourth-order valence-electron chi connectivity index (χ4n) is 5.85. The van der Waals surface area contributed by atoms with E-state index in [2.05, 4.69) is 46.0 Å². The molecule has 8 heterocycles. The first-order chi connectivity index (χ1) is 23.4. The summed E-state index contributed by atoms with van der Waals surface area (Å²) in [7, 11) is 0. The van der Waals surface area contributed by atoms with E-state index < -0.39 is 0 Å². The Morgan fingerprint density at radius 2 is 1.57 bits per heavy atom. The Morgan fingerprint density at radius 1 is 0.660 bits per heavy atom. The molecule has 0 atom stereocenters. The number of fused-ring (bicyclic) bond motifs is 1. The lowest BCUT2D eigenvalue weighted by Crippen LogP contribution is -2.03. The largest absolute Gasteiger partial charge is 0.345 e. The molecule has 0 radical (unpaired) electrons. The Bertz CT molecular complexity index is 2420. The molecule has 0 aliphatic heterocycles. The van der Waals surface area contributed by atoms with Crippen LogP contribution in [-0.2, 0) is 0 Å². The SMILES string of the molecule is c1ccc(-c2c(-c3nnn[nH]3)c(-c3c[nH]nn3)c(-c3ncc[nH]3)c3c2c(-c2ncccn2)c(-c2cnccn2)n3-c2nccs2)nc1. The lowest BCUT2D eigenvalue weighted by atomic mass is 9.86. The van der Waals surface area contributed by atoms with Crippen LogP contribution < -0.4 is 0 Å². The summed E-state index contributed by atoms with van der Waals surface area (Å²) in [5, 5.41) is 30.0. The fourth-order valence-corrected chi connectivity index (χ4v) is 6.51. The van der Waals surface area contributed by atoms with Crippen LogP contribution in [0.5, 0.6) is 0 Å². The Labute approximate surface area is 267 Å². The van der Waals surface area contributed by atoms with Crippen molar-refractivity contribution in [3.8, 4) is 73.2 Å². The molecule has 17 heteroatoms. The minimum Gasteiger partial charge on any atom is -0.345 e. The first-order valence-electron chi connectivity index (χ1n) is 14.1. The molecule has 0 saturated heterocycles. The summed E-state index contributed by atoms with van der Waals surface area (Å²) in [6.45, 7) is 0. The second-order valence-corrected chi connectivity index (χ2v) is 10.9. The summed E-state index contributed by atoms with van der Waals surface area (Å²) in [6.07, 6.45) is 17.0. The first kappa shape index (κ1) is 26.5. The van der Waals surface area contributed by atoms with Crippen LogP contribution in [-0.4, -0.2) is 80.5 Å². The van der Waals surface area contributed by atoms with E-state index in [0.717, 1.165) is 5.39 Å². The molecule has 9 rings (SSSR count). The first-order valence-corrected chi connectivity index (χ1v) is 15.0. The highest BCUT2D eigenvalue weighted by atomic mass is 32.1. The predicted octanol–water partition coefficient (Wildman–Crippen LogP) is 4.42. The van der Waals surface area contributed by atoms with Crippen molar-refractivity contribution in [2.75, 3.05) is 0 Å². The van der Waals surface area contributed by atoms with Gasteiger partial charge < -0.3 is 4.98 Å². The molecule has 9 aromatic rings. The molecular formula is C30H18N16S. The minimum absolute atomic E-state index is 0.376. The van der Waals surface area contributed by atoms with E-state index in [9.17, 15) is 0 Å². The van der Waals surface area contributed by atoms with Gasteiger partial charge >= 0.3 is 0 Å². The molecule has 3 N–H and O–H groups in total. The van der Waals surface area contributed by atoms with Crippen molar-refractivity contribution in [1.29, 1.82) is 0 Å². The zero-order valence-electron chi connectivity index (χ0n) is 23.9. The van der Waals surface area contributed by atoms with Gasteiger partial charge in [0, 0.05) is 77.0 Å². The number of nitrogens with one attached hydrogen (secondary N) is 3. The van der Waals surface area contributed by atoms with Crippen LogP contribution in [0, 0.1) is 0 Å². The van der Waals surface area contributed by atoms with Gasteiger partial charge in [0.1, 0.15) is 17.2 Å². The molecule has 0 saturated carbocycles. The highest BCUT2D eigenvalue weighted by Crippen LogP contribution is 2.54. The van der Waals surface area contributed by atoms with E-state index in [-0.39, 0.29) is 0 Å². The smallest absolute Gasteiger partial charge is 0.194 e. The summed E-state index contributed by atoms with van der Waals surface area (Å²) in [6, 6.07) is 7.49. The van der Waals surface area contributed by atoms with Crippen LogP contribution in [0.3, 0.4) is 0 Å². The van der Waals surface area contributed by atoms with Crippen molar-refractivity contribution >= 4 is 22.2 Å². The number of hydrogen-bond donors (Lipinski definition) is 3. The van der Waals surface area contributed by atoms with Crippen LogP contribution in [0.4, 0.5) is 0 Å². The van der Waals surface area contributed by atoms with E-state index in [4.69, 9.17) is 29.9 Å². The second-order valence-electron chi connectivity index (χ2n) is 10.0. The summed E-state index contributed by atoms with van der Waals surface area (Å²) in [5.74, 6) is 1.38. The summed E-state index contributed by atoms with van der Waals surface area (Å²) >= 11 is 1.47. The summed E-state index contributed by atoms with van der Waals surface area (Å²) in [5.41, 5.74) is 6.40. The Hall–Kier alpha value is -6.88. The van der Waals surface area contributed by atoms with Gasteiger partial charge in [-0.3, -0.25) is 24.6 Å². The van der Waals surface area contributed by atoms with Gasteiger partial charge in [0.05, 0.1) is 40.4 Å². The third-order valence-electron chi connectivity index (χ3n) is 7.52. The Morgan fingerprint density at radius 3 is 2.28 bits per heavy atom. The Kier molecular flexibility index (Phi) is 6.17. The van der Waals surface area contributed by atoms with Crippen molar-refractivity contribution in [1.82, 2.24) is 80.5 Å². The molecule has 0 amide bonds. The number of hydrogen-bond acceptors (Lipinski definition) is 13. The van der Waals surface area contributed by atoms with E-state index in [1.807, 2.05) is 28.1 Å². The van der Waals surface area contributed by atoms with Crippen LogP contribution in [0.2, 0.25) is 0 Å². The number of aromatic amines is 3. The van der Waals surface area contributed by atoms with Crippen molar-refractivity contribution in [3.05, 3.63) is 91.6 Å². The van der Waals surface area contributed by atoms with E-state index >= 15 is 0 Å². The minimum atomic E-state index is 0.376. The number of aromatic nitrogens is 16. The van der Waals surface area contributed by atoms with Gasteiger partial charge in [-0.25, -0.2) is 25.0 Å². The molecule has 0 aliphatic carbocycles. The molecular weight excluding hydrogens is 617 g/mol. The lowest BCUT2D eigenvalue weighted by Gasteiger charge is -2.19. The van der Waals surface area contributed by atoms with Crippen LogP contribution in [0.1, 0.15) is 0 Å². The highest BCUT2D eigenvalue weighted by molar-refractivity contribution is 7.12. The van der Waals surface area contributed by atoms with Crippen molar-refractivity contribution in [3.63, 3.8) is 0 Å². The second kappa shape index (κ2) is 10.9. The van der Waals surface area contributed by atoms with Crippen molar-refractivity contribution in [2.24, 2.45) is 0 Å². The number of H-pyrrole nitrogens is 3. The number of thiazole rings is 1. The lowest BCUT2D eigenvalue weighted by molar-refractivity contribution is 0.881. The maximum absolute atomic E-state index is 4.85. The molecule has 47 heavy (non-hydrogen) atoms. The number of rotatable bonds is 7. The zero-order valence-corrected chi connectivity index (χ0v) is 24.7. The van der Waals surface area contributed by atoms with Gasteiger partial charge in [-0.1, -0.05) is 11.3 Å². The van der Waals surface area contributed by atoms with Gasteiger partial charge in [-0.15, -0.1) is 21.5 Å². The number of benzene rings is 1. The van der Waals surface area contributed by atoms with E-state index in [1.54, 1.807) is 68.0 Å². The monoisotopic (exact) mass is 634 g/mol. The van der Waals surface area contributed by atoms with Crippen molar-refractivity contribution in [2.45, 2.75) is 0 Å². The predicted molar refractivity (Wildman–Crippen MR) is 170 cm³/mol. The molecule has 0 bridgehead atoms. The van der Waals surface area contributed by atoms with Gasteiger partial charge in [-0.2, -0.15) is 0 Å². The van der Waals surface area contributed by atoms with E-state index in [1.165, 1.54) is 11.3 Å². The number of nitrogens with zero attached hydrogens (tertiary/aromatic N) is 13. The molecule has 0 aliphatic rings. The molecule has 0 fully saturated rings. The van der Waals surface area contributed by atoms with Gasteiger partial charge in [0.15, 0.2) is 16.8 Å². The standard InChI is InChI=1S/C30H18N16S/c1-2-5-32-16(4-1)19-21-24(28-34-6-3-7-35-28)25(18-14-31-8-9-33-18)46(30-38-12-13-47-30)26(21)23(27-36-10-11-37-27)20(17-15-39-43-40-17)22(19)29-41-44-45-42-29/h1-15H,(H,36,37)(H,39,40,43)(H,41,42,44,45). The molecule has 1 aromatic carbocycles. The van der Waals surface area contributed by atoms with Crippen molar-refractivity contribution < 1.29 is 0 Å². The fraction of sp³-hybridized carbons (Fsp3) is 0. The molecule has 16 nitrogen and oxygen atoms in total. The third kappa shape index (κ3) is 4.21. The molecule has 0 spiro atoms. The normalized spacial score (nSPS) is 11.4. The zero-order chi connectivity index (χ0) is 31.2. The van der Waals surface area contributed by atoms with E-state index in [0.29, 0.717) is 78.7 Å². The maximum Gasteiger partial charge on any atom is 0.194 e. The van der Waals surface area contributed by atoms with Gasteiger partial charge in [-0.05, 0) is 28.6 Å². The Balaban J connectivity index is 1.66. The average Bonchev–Trinajstić information content (AvgIpc) is 3.97. The van der Waals surface area contributed by atoms with Crippen LogP contribution >= 0.6 is 11.3 Å². The van der Waals surface area contributed by atoms with Crippen LogP contribution in [0.15, 0.2) is 91.6 Å². The topological polar surface area (TPSA) is 207 Å². The van der Waals surface area contributed by atoms with Crippen LogP contribution in [0.25, 0.3) is 84.1 Å². The maximum atomic E-state index is 4.85. The highest BCUT2D eigenvalue weighted by Gasteiger charge is 2.36. The van der Waals surface area contributed by atoms with Gasteiger partial charge in [0.2, 0.25) is 0 Å². The number of tetrazole rings is 1. The molecule has 0 unspecified atom stereocenters. The average molecular weight is 635 g/mol. The van der Waals surface area contributed by atoms with Gasteiger partial charge in [0.25, 0.3) is 0 Å². The third-order valence-corrected chi connectivity index (χ3v) is 8.28. The quantitative estimate of drug-likeness (QED) is 0.223. The summed E-state index contributed by atoms with van der Waals surface area (Å²) < 4.78 is 2.05. The molecule has 8 aromatic heterocycles. The number of imidazole rings is 1. The molecule has 224 valence electrons. The number of pyridine rings is 1. The summed E-state index contributed by atoms with van der Waals surface area (Å²) in [4.78, 5) is 36.5.